The smallest absolute Gasteiger partial charge is 0.256 e. The summed E-state index contributed by atoms with van der Waals surface area (Å²) < 4.78 is 3.58. The Hall–Kier alpha value is -2.34. The van der Waals surface area contributed by atoms with Crippen LogP contribution >= 0.6 is 11.6 Å². The van der Waals surface area contributed by atoms with E-state index in [0.717, 1.165) is 23.4 Å². The van der Waals surface area contributed by atoms with E-state index in [0.29, 0.717) is 23.0 Å². The molecule has 0 spiro atoms. The number of rotatable bonds is 4. The summed E-state index contributed by atoms with van der Waals surface area (Å²) in [5.74, 6) is 0.579. The minimum absolute atomic E-state index is 0.240. The molecule has 120 valence electrons. The SMILES string of the molecule is CCn1c(CNC(=O)c2c(C)nn(C)c2Cl)nc2ccccc21. The first-order chi connectivity index (χ1) is 11.0. The van der Waals surface area contributed by atoms with Crippen molar-refractivity contribution in [2.45, 2.75) is 26.9 Å². The van der Waals surface area contributed by atoms with E-state index >= 15 is 0 Å². The van der Waals surface area contributed by atoms with Crippen LogP contribution in [0, 0.1) is 6.92 Å². The van der Waals surface area contributed by atoms with E-state index in [4.69, 9.17) is 11.6 Å². The number of amides is 1. The maximum absolute atomic E-state index is 12.4. The van der Waals surface area contributed by atoms with Crippen molar-refractivity contribution in [1.82, 2.24) is 24.6 Å². The monoisotopic (exact) mass is 331 g/mol. The lowest BCUT2D eigenvalue weighted by Gasteiger charge is -2.07. The second-order valence-corrected chi connectivity index (χ2v) is 5.68. The van der Waals surface area contributed by atoms with Gasteiger partial charge in [0.1, 0.15) is 11.0 Å². The Morgan fingerprint density at radius 2 is 2.09 bits per heavy atom. The van der Waals surface area contributed by atoms with Gasteiger partial charge in [-0.3, -0.25) is 9.48 Å². The Kier molecular flexibility index (Phi) is 4.09. The van der Waals surface area contributed by atoms with Crippen molar-refractivity contribution in [2.75, 3.05) is 0 Å². The average molecular weight is 332 g/mol. The van der Waals surface area contributed by atoms with Crippen molar-refractivity contribution in [3.8, 4) is 0 Å². The number of para-hydroxylation sites is 2. The molecule has 0 unspecified atom stereocenters. The molecule has 1 aromatic carbocycles. The predicted octanol–water partition coefficient (Wildman–Crippen LogP) is 2.68. The Labute approximate surface area is 139 Å². The molecule has 0 fully saturated rings. The number of halogens is 1. The van der Waals surface area contributed by atoms with Crippen LogP contribution in [0.4, 0.5) is 0 Å². The van der Waals surface area contributed by atoms with Crippen molar-refractivity contribution in [2.24, 2.45) is 7.05 Å². The third-order valence-corrected chi connectivity index (χ3v) is 4.27. The lowest BCUT2D eigenvalue weighted by Crippen LogP contribution is -2.25. The highest BCUT2D eigenvalue weighted by molar-refractivity contribution is 6.33. The summed E-state index contributed by atoms with van der Waals surface area (Å²) in [6, 6.07) is 7.93. The van der Waals surface area contributed by atoms with E-state index < -0.39 is 0 Å². The molecule has 0 saturated heterocycles. The van der Waals surface area contributed by atoms with Gasteiger partial charge in [-0.15, -0.1) is 0 Å². The van der Waals surface area contributed by atoms with Crippen molar-refractivity contribution in [1.29, 1.82) is 0 Å². The highest BCUT2D eigenvalue weighted by Gasteiger charge is 2.19. The van der Waals surface area contributed by atoms with E-state index in [1.165, 1.54) is 4.68 Å². The number of aromatic nitrogens is 4. The third-order valence-electron chi connectivity index (χ3n) is 3.84. The van der Waals surface area contributed by atoms with Gasteiger partial charge in [0.25, 0.3) is 5.91 Å². The Morgan fingerprint density at radius 1 is 1.35 bits per heavy atom. The molecule has 0 saturated carbocycles. The number of benzene rings is 1. The van der Waals surface area contributed by atoms with Gasteiger partial charge in [0.05, 0.1) is 28.8 Å². The van der Waals surface area contributed by atoms with E-state index in [2.05, 4.69) is 26.9 Å². The van der Waals surface area contributed by atoms with Gasteiger partial charge in [-0.05, 0) is 26.0 Å². The van der Waals surface area contributed by atoms with E-state index in [9.17, 15) is 4.79 Å². The van der Waals surface area contributed by atoms with Crippen LogP contribution in [0.15, 0.2) is 24.3 Å². The largest absolute Gasteiger partial charge is 0.345 e. The van der Waals surface area contributed by atoms with Crippen LogP contribution in [0.25, 0.3) is 11.0 Å². The number of carbonyl (C=O) groups is 1. The lowest BCUT2D eigenvalue weighted by molar-refractivity contribution is 0.0949. The molecular formula is C16H18ClN5O. The summed E-state index contributed by atoms with van der Waals surface area (Å²) in [6.07, 6.45) is 0. The summed E-state index contributed by atoms with van der Waals surface area (Å²) in [7, 11) is 1.71. The Balaban J connectivity index is 1.84. The molecule has 0 radical (unpaired) electrons. The van der Waals surface area contributed by atoms with Crippen LogP contribution in [-0.4, -0.2) is 25.2 Å². The van der Waals surface area contributed by atoms with Crippen LogP contribution in [0.5, 0.6) is 0 Å². The molecule has 3 rings (SSSR count). The number of nitrogens with one attached hydrogen (secondary N) is 1. The first kappa shape index (κ1) is 15.6. The van der Waals surface area contributed by atoms with Crippen molar-refractivity contribution >= 4 is 28.5 Å². The predicted molar refractivity (Wildman–Crippen MR) is 89.5 cm³/mol. The topological polar surface area (TPSA) is 64.7 Å². The fourth-order valence-electron chi connectivity index (χ4n) is 2.75. The molecule has 3 aromatic rings. The number of aryl methyl sites for hydroxylation is 3. The molecule has 2 aromatic heterocycles. The van der Waals surface area contributed by atoms with E-state index in [1.54, 1.807) is 14.0 Å². The van der Waals surface area contributed by atoms with Gasteiger partial charge in [-0.25, -0.2) is 4.98 Å². The van der Waals surface area contributed by atoms with Gasteiger partial charge < -0.3 is 9.88 Å². The molecule has 0 atom stereocenters. The van der Waals surface area contributed by atoms with E-state index in [-0.39, 0.29) is 5.91 Å². The summed E-state index contributed by atoms with van der Waals surface area (Å²) >= 11 is 6.13. The summed E-state index contributed by atoms with van der Waals surface area (Å²) in [4.78, 5) is 17.0. The number of hydrogen-bond donors (Lipinski definition) is 1. The molecule has 0 bridgehead atoms. The lowest BCUT2D eigenvalue weighted by atomic mass is 10.2. The first-order valence-electron chi connectivity index (χ1n) is 7.44. The number of carbonyl (C=O) groups excluding carboxylic acids is 1. The van der Waals surface area contributed by atoms with Crippen molar-refractivity contribution in [3.05, 3.63) is 46.5 Å². The highest BCUT2D eigenvalue weighted by atomic mass is 35.5. The Morgan fingerprint density at radius 3 is 2.74 bits per heavy atom. The van der Waals surface area contributed by atoms with Crippen LogP contribution in [0.1, 0.15) is 28.8 Å². The minimum atomic E-state index is -0.240. The standard InChI is InChI=1S/C16H18ClN5O/c1-4-22-12-8-6-5-7-11(12)19-13(22)9-18-16(23)14-10(2)20-21(3)15(14)17/h5-8H,4,9H2,1-3H3,(H,18,23). The van der Waals surface area contributed by atoms with E-state index in [1.807, 2.05) is 24.3 Å². The van der Waals surface area contributed by atoms with Crippen molar-refractivity contribution < 1.29 is 4.79 Å². The molecule has 1 N–H and O–H groups in total. The zero-order valence-electron chi connectivity index (χ0n) is 13.3. The number of hydrogen-bond acceptors (Lipinski definition) is 3. The number of fused-ring (bicyclic) bond motifs is 1. The Bertz CT molecular complexity index is 880. The summed E-state index contributed by atoms with van der Waals surface area (Å²) in [6.45, 7) is 4.95. The minimum Gasteiger partial charge on any atom is -0.345 e. The second-order valence-electron chi connectivity index (χ2n) is 5.32. The maximum Gasteiger partial charge on any atom is 0.256 e. The zero-order chi connectivity index (χ0) is 16.6. The van der Waals surface area contributed by atoms with Gasteiger partial charge >= 0.3 is 0 Å². The fourth-order valence-corrected chi connectivity index (χ4v) is 3.01. The van der Waals surface area contributed by atoms with Crippen LogP contribution in [-0.2, 0) is 20.1 Å². The molecule has 7 heteroatoms. The molecule has 0 aliphatic carbocycles. The van der Waals surface area contributed by atoms with Gasteiger partial charge in [0, 0.05) is 13.6 Å². The average Bonchev–Trinajstić information content (AvgIpc) is 3.01. The third kappa shape index (κ3) is 2.70. The molecule has 23 heavy (non-hydrogen) atoms. The van der Waals surface area contributed by atoms with Crippen LogP contribution < -0.4 is 5.32 Å². The maximum atomic E-state index is 12.4. The molecule has 6 nitrogen and oxygen atoms in total. The fraction of sp³-hybridized carbons (Fsp3) is 0.312. The van der Waals surface area contributed by atoms with Gasteiger partial charge in [-0.1, -0.05) is 23.7 Å². The normalized spacial score (nSPS) is 11.1. The molecule has 1 amide bonds. The second kappa shape index (κ2) is 6.04. The number of imidazole rings is 1. The van der Waals surface area contributed by atoms with Crippen LogP contribution in [0.2, 0.25) is 5.15 Å². The van der Waals surface area contributed by atoms with Gasteiger partial charge in [0.15, 0.2) is 0 Å². The molecular weight excluding hydrogens is 314 g/mol. The van der Waals surface area contributed by atoms with Gasteiger partial charge in [0.2, 0.25) is 0 Å². The molecule has 0 aliphatic rings. The zero-order valence-corrected chi connectivity index (χ0v) is 14.1. The molecule has 0 aliphatic heterocycles. The van der Waals surface area contributed by atoms with Gasteiger partial charge in [-0.2, -0.15) is 5.10 Å². The van der Waals surface area contributed by atoms with Crippen LogP contribution in [0.3, 0.4) is 0 Å². The summed E-state index contributed by atoms with van der Waals surface area (Å²) in [5.41, 5.74) is 3.01. The summed E-state index contributed by atoms with van der Waals surface area (Å²) in [5, 5.41) is 7.38. The first-order valence-corrected chi connectivity index (χ1v) is 7.82. The van der Waals surface area contributed by atoms with Crippen molar-refractivity contribution in [3.63, 3.8) is 0 Å². The quantitative estimate of drug-likeness (QED) is 0.799. The number of nitrogens with zero attached hydrogens (tertiary/aromatic N) is 4. The highest BCUT2D eigenvalue weighted by Crippen LogP contribution is 2.19. The molecule has 2 heterocycles.